The highest BCUT2D eigenvalue weighted by Gasteiger charge is 2.11. The number of rotatable bonds is 9. The number of nitrogens with one attached hydrogen (secondary N) is 1. The van der Waals surface area contributed by atoms with Crippen LogP contribution in [0.5, 0.6) is 5.75 Å². The van der Waals surface area contributed by atoms with Gasteiger partial charge in [-0.25, -0.2) is 4.79 Å². The van der Waals surface area contributed by atoms with E-state index in [4.69, 9.17) is 9.47 Å². The molecule has 2 rings (SSSR count). The molecule has 0 aliphatic rings. The summed E-state index contributed by atoms with van der Waals surface area (Å²) in [6.45, 7) is 2.86. The molecule has 0 heterocycles. The van der Waals surface area contributed by atoms with E-state index >= 15 is 0 Å². The van der Waals surface area contributed by atoms with E-state index in [0.717, 1.165) is 5.56 Å². The van der Waals surface area contributed by atoms with Gasteiger partial charge in [-0.05, 0) is 48.7 Å². The topological polar surface area (TPSA) is 84.9 Å². The molecule has 6 nitrogen and oxygen atoms in total. The van der Waals surface area contributed by atoms with Crippen LogP contribution < -0.4 is 10.1 Å². The molecule has 0 spiro atoms. The van der Waals surface area contributed by atoms with Crippen LogP contribution in [0.1, 0.15) is 27.9 Å². The van der Waals surface area contributed by atoms with Crippen LogP contribution in [-0.4, -0.2) is 37.3 Å². The Labute approximate surface area is 152 Å². The first-order valence-corrected chi connectivity index (χ1v) is 8.34. The number of hydrogen-bond donors (Lipinski definition) is 2. The highest BCUT2D eigenvalue weighted by atomic mass is 16.5. The maximum Gasteiger partial charge on any atom is 0.335 e. The number of aryl methyl sites for hydroxylation is 2. The third kappa shape index (κ3) is 5.60. The lowest BCUT2D eigenvalue weighted by Gasteiger charge is -2.12. The van der Waals surface area contributed by atoms with Crippen LogP contribution in [0, 0.1) is 6.92 Å². The molecule has 0 aliphatic carbocycles. The first-order chi connectivity index (χ1) is 12.5. The molecule has 26 heavy (non-hydrogen) atoms. The van der Waals surface area contributed by atoms with Gasteiger partial charge in [0, 0.05) is 19.2 Å². The fourth-order valence-corrected chi connectivity index (χ4v) is 2.52. The smallest absolute Gasteiger partial charge is 0.335 e. The minimum absolute atomic E-state index is 0.165. The van der Waals surface area contributed by atoms with Gasteiger partial charge in [0.1, 0.15) is 12.4 Å². The number of aromatic carboxylic acids is 1. The van der Waals surface area contributed by atoms with Crippen molar-refractivity contribution < 1.29 is 24.2 Å². The van der Waals surface area contributed by atoms with Crippen molar-refractivity contribution in [3.63, 3.8) is 0 Å². The summed E-state index contributed by atoms with van der Waals surface area (Å²) in [5, 5.41) is 12.0. The fraction of sp³-hybridized carbons (Fsp3) is 0.300. The first kappa shape index (κ1) is 19.5. The lowest BCUT2D eigenvalue weighted by Crippen LogP contribution is -2.14. The van der Waals surface area contributed by atoms with Gasteiger partial charge in [-0.2, -0.15) is 0 Å². The quantitative estimate of drug-likeness (QED) is 0.673. The van der Waals surface area contributed by atoms with Crippen molar-refractivity contribution in [1.82, 2.24) is 0 Å². The third-order valence-electron chi connectivity index (χ3n) is 3.90. The largest absolute Gasteiger partial charge is 0.491 e. The van der Waals surface area contributed by atoms with Crippen molar-refractivity contribution in [3.8, 4) is 5.75 Å². The molecule has 0 unspecified atom stereocenters. The van der Waals surface area contributed by atoms with Crippen LogP contribution >= 0.6 is 0 Å². The van der Waals surface area contributed by atoms with Gasteiger partial charge in [-0.15, -0.1) is 0 Å². The average Bonchev–Trinajstić information content (AvgIpc) is 2.62. The molecule has 6 heteroatoms. The average molecular weight is 357 g/mol. The minimum atomic E-state index is -0.985. The third-order valence-corrected chi connectivity index (χ3v) is 3.90. The van der Waals surface area contributed by atoms with Gasteiger partial charge in [-0.1, -0.05) is 18.2 Å². The van der Waals surface area contributed by atoms with Crippen LogP contribution in [0.3, 0.4) is 0 Å². The molecule has 0 saturated heterocycles. The molecule has 2 N–H and O–H groups in total. The van der Waals surface area contributed by atoms with E-state index in [1.807, 2.05) is 13.0 Å². The Morgan fingerprint density at radius 3 is 2.58 bits per heavy atom. The molecule has 0 aliphatic heterocycles. The summed E-state index contributed by atoms with van der Waals surface area (Å²) in [5.41, 5.74) is 2.47. The Bertz CT molecular complexity index is 773. The summed E-state index contributed by atoms with van der Waals surface area (Å²) in [7, 11) is 1.61. The Balaban J connectivity index is 1.93. The minimum Gasteiger partial charge on any atom is -0.491 e. The summed E-state index contributed by atoms with van der Waals surface area (Å²) < 4.78 is 10.5. The second-order valence-corrected chi connectivity index (χ2v) is 5.83. The van der Waals surface area contributed by atoms with Gasteiger partial charge < -0.3 is 19.9 Å². The molecule has 0 aromatic heterocycles. The molecule has 1 amide bonds. The van der Waals surface area contributed by atoms with E-state index in [9.17, 15) is 14.7 Å². The lowest BCUT2D eigenvalue weighted by molar-refractivity contribution is -0.116. The monoisotopic (exact) mass is 357 g/mol. The summed E-state index contributed by atoms with van der Waals surface area (Å²) >= 11 is 0. The number of anilines is 1. The number of ether oxygens (including phenoxy) is 2. The Morgan fingerprint density at radius 2 is 1.88 bits per heavy atom. The summed E-state index contributed by atoms with van der Waals surface area (Å²) in [6, 6.07) is 12.2. The highest BCUT2D eigenvalue weighted by molar-refractivity contribution is 5.92. The van der Waals surface area contributed by atoms with Crippen LogP contribution in [0.4, 0.5) is 5.69 Å². The van der Waals surface area contributed by atoms with Gasteiger partial charge in [0.25, 0.3) is 0 Å². The highest BCUT2D eigenvalue weighted by Crippen LogP contribution is 2.22. The summed E-state index contributed by atoms with van der Waals surface area (Å²) in [6.07, 6.45) is 0.571. The molecule has 0 saturated carbocycles. The van der Waals surface area contributed by atoms with Gasteiger partial charge in [0.2, 0.25) is 5.91 Å². The molecule has 0 fully saturated rings. The number of hydrogen-bond acceptors (Lipinski definition) is 4. The zero-order chi connectivity index (χ0) is 18.9. The van der Waals surface area contributed by atoms with Crippen molar-refractivity contribution in [2.24, 2.45) is 0 Å². The van der Waals surface area contributed by atoms with Crippen LogP contribution in [0.25, 0.3) is 0 Å². The van der Waals surface area contributed by atoms with Crippen molar-refractivity contribution in [2.45, 2.75) is 19.8 Å². The second kappa shape index (κ2) is 9.58. The van der Waals surface area contributed by atoms with Crippen molar-refractivity contribution in [1.29, 1.82) is 0 Å². The predicted molar refractivity (Wildman–Crippen MR) is 98.9 cm³/mol. The Hall–Kier alpha value is -2.86. The molecule has 0 bridgehead atoms. The lowest BCUT2D eigenvalue weighted by atomic mass is 10.0. The number of carbonyl (C=O) groups excluding carboxylic acids is 1. The normalized spacial score (nSPS) is 10.4. The van der Waals surface area contributed by atoms with Crippen LogP contribution in [-0.2, 0) is 16.0 Å². The molecular weight excluding hydrogens is 334 g/mol. The van der Waals surface area contributed by atoms with Crippen molar-refractivity contribution in [2.75, 3.05) is 25.6 Å². The first-order valence-electron chi connectivity index (χ1n) is 8.34. The molecule has 2 aromatic rings. The molecule has 0 atom stereocenters. The number of benzene rings is 2. The number of amides is 1. The number of methoxy groups -OCH3 is 1. The number of carboxylic acid groups (broad SMARTS) is 1. The van der Waals surface area contributed by atoms with Crippen molar-refractivity contribution in [3.05, 3.63) is 59.2 Å². The van der Waals surface area contributed by atoms with E-state index in [0.29, 0.717) is 36.6 Å². The number of carboxylic acids is 1. The predicted octanol–water partition coefficient (Wildman–Crippen LogP) is 3.29. The Kier molecular flexibility index (Phi) is 7.17. The zero-order valence-electron chi connectivity index (χ0n) is 15.0. The second-order valence-electron chi connectivity index (χ2n) is 5.83. The van der Waals surface area contributed by atoms with Crippen LogP contribution in [0.15, 0.2) is 42.5 Å². The molecule has 0 radical (unpaired) electrons. The maximum atomic E-state index is 12.2. The Morgan fingerprint density at radius 1 is 1.12 bits per heavy atom. The van der Waals surface area contributed by atoms with E-state index in [-0.39, 0.29) is 17.9 Å². The van der Waals surface area contributed by atoms with E-state index in [1.54, 1.807) is 43.5 Å². The SMILES string of the molecule is COCCOc1ccc(NC(=O)CCc2ccccc2C(=O)O)c(C)c1. The van der Waals surface area contributed by atoms with Crippen molar-refractivity contribution >= 4 is 17.6 Å². The van der Waals surface area contributed by atoms with E-state index < -0.39 is 5.97 Å². The molecule has 138 valence electrons. The van der Waals surface area contributed by atoms with E-state index in [2.05, 4.69) is 5.32 Å². The molecular formula is C20H23NO5. The standard InChI is InChI=1S/C20H23NO5/c1-14-13-16(26-12-11-25-2)8-9-18(14)21-19(22)10-7-15-5-3-4-6-17(15)20(23)24/h3-6,8-9,13H,7,10-12H2,1-2H3,(H,21,22)(H,23,24). The van der Waals surface area contributed by atoms with Gasteiger partial charge >= 0.3 is 5.97 Å². The van der Waals surface area contributed by atoms with Crippen LogP contribution in [0.2, 0.25) is 0 Å². The fourth-order valence-electron chi connectivity index (χ4n) is 2.52. The van der Waals surface area contributed by atoms with Gasteiger partial charge in [-0.3, -0.25) is 4.79 Å². The summed E-state index contributed by atoms with van der Waals surface area (Å²) in [5.74, 6) is -0.435. The van der Waals surface area contributed by atoms with Gasteiger partial charge in [0.05, 0.1) is 12.2 Å². The number of carbonyl (C=O) groups is 2. The van der Waals surface area contributed by atoms with E-state index in [1.165, 1.54) is 0 Å². The maximum absolute atomic E-state index is 12.2. The molecule has 2 aromatic carbocycles. The summed E-state index contributed by atoms with van der Waals surface area (Å²) in [4.78, 5) is 23.4. The zero-order valence-corrected chi connectivity index (χ0v) is 15.0. The van der Waals surface area contributed by atoms with Gasteiger partial charge in [0.15, 0.2) is 0 Å².